The number of halogens is 2. The average Bonchev–Trinajstić information content (AvgIpc) is 2.71. The van der Waals surface area contributed by atoms with Gasteiger partial charge in [0, 0.05) is 31.2 Å². The fourth-order valence-electron chi connectivity index (χ4n) is 2.48. The van der Waals surface area contributed by atoms with Crippen molar-refractivity contribution < 1.29 is 13.9 Å². The van der Waals surface area contributed by atoms with Gasteiger partial charge >= 0.3 is 0 Å². The molecule has 1 aliphatic rings. The van der Waals surface area contributed by atoms with Crippen LogP contribution in [0, 0.1) is 5.92 Å². The zero-order chi connectivity index (χ0) is 13.2. The fourth-order valence-corrected chi connectivity index (χ4v) is 2.48. The molecule has 1 aromatic heterocycles. The summed E-state index contributed by atoms with van der Waals surface area (Å²) in [4.78, 5) is 4.25. The van der Waals surface area contributed by atoms with Crippen molar-refractivity contribution in [2.45, 2.75) is 51.1 Å². The molecule has 4 heteroatoms. The number of hydrogen-bond donors (Lipinski definition) is 1. The van der Waals surface area contributed by atoms with Gasteiger partial charge in [0.2, 0.25) is 5.92 Å². The van der Waals surface area contributed by atoms with Crippen molar-refractivity contribution >= 4 is 0 Å². The maximum atomic E-state index is 13.1. The van der Waals surface area contributed by atoms with E-state index < -0.39 is 12.0 Å². The number of alkyl halides is 2. The minimum absolute atomic E-state index is 0.100. The van der Waals surface area contributed by atoms with Gasteiger partial charge in [-0.1, -0.05) is 13.0 Å². The highest BCUT2D eigenvalue weighted by Gasteiger charge is 2.42. The van der Waals surface area contributed by atoms with Gasteiger partial charge in [-0.3, -0.25) is 4.98 Å². The first-order valence-electron chi connectivity index (χ1n) is 6.50. The van der Waals surface area contributed by atoms with Gasteiger partial charge in [-0.15, -0.1) is 0 Å². The van der Waals surface area contributed by atoms with Crippen molar-refractivity contribution in [1.82, 2.24) is 4.98 Å². The Labute approximate surface area is 106 Å². The first kappa shape index (κ1) is 13.4. The van der Waals surface area contributed by atoms with Crippen LogP contribution in [0.5, 0.6) is 0 Å². The molecule has 2 unspecified atom stereocenters. The second-order valence-corrected chi connectivity index (χ2v) is 5.14. The molecule has 0 bridgehead atoms. The van der Waals surface area contributed by atoms with E-state index in [4.69, 9.17) is 0 Å². The summed E-state index contributed by atoms with van der Waals surface area (Å²) in [6.07, 6.45) is 2.47. The molecule has 1 aliphatic carbocycles. The van der Waals surface area contributed by atoms with E-state index in [0.717, 1.165) is 17.7 Å². The number of hydrogen-bond acceptors (Lipinski definition) is 2. The molecule has 1 heterocycles. The van der Waals surface area contributed by atoms with Crippen molar-refractivity contribution in [2.75, 3.05) is 0 Å². The normalized spacial score (nSPS) is 24.1. The monoisotopic (exact) mass is 255 g/mol. The first-order chi connectivity index (χ1) is 8.50. The number of aromatic nitrogens is 1. The number of rotatable bonds is 4. The number of aliphatic hydroxyl groups is 1. The summed E-state index contributed by atoms with van der Waals surface area (Å²) in [6.45, 7) is 2.05. The predicted octanol–water partition coefficient (Wildman–Crippen LogP) is 2.98. The van der Waals surface area contributed by atoms with E-state index in [1.165, 1.54) is 0 Å². The molecule has 1 fully saturated rings. The highest BCUT2D eigenvalue weighted by molar-refractivity contribution is 5.14. The van der Waals surface area contributed by atoms with Crippen LogP contribution in [0.25, 0.3) is 0 Å². The average molecular weight is 255 g/mol. The summed E-state index contributed by atoms with van der Waals surface area (Å²) in [6, 6.07) is 3.84. The van der Waals surface area contributed by atoms with Gasteiger partial charge in [0.25, 0.3) is 0 Å². The van der Waals surface area contributed by atoms with Gasteiger partial charge in [0.15, 0.2) is 0 Å². The lowest BCUT2D eigenvalue weighted by Crippen LogP contribution is -2.23. The number of pyridine rings is 1. The molecule has 2 nitrogen and oxygen atoms in total. The standard InChI is InChI=1S/C14H19F2NO/c1-2-10-3-4-12(17-9-10)7-13(18)11-5-6-14(15,16)8-11/h3-4,9,11,13,18H,2,5-8H2,1H3. The first-order valence-corrected chi connectivity index (χ1v) is 6.50. The van der Waals surface area contributed by atoms with Gasteiger partial charge in [0.1, 0.15) is 0 Å². The van der Waals surface area contributed by atoms with Crippen molar-refractivity contribution in [3.63, 3.8) is 0 Å². The van der Waals surface area contributed by atoms with Crippen LogP contribution < -0.4 is 0 Å². The van der Waals surface area contributed by atoms with E-state index in [2.05, 4.69) is 4.98 Å². The lowest BCUT2D eigenvalue weighted by Gasteiger charge is -2.17. The Bertz CT molecular complexity index is 391. The molecule has 0 aromatic carbocycles. The Balaban J connectivity index is 1.92. The van der Waals surface area contributed by atoms with Crippen molar-refractivity contribution in [3.05, 3.63) is 29.6 Å². The third-order valence-electron chi connectivity index (χ3n) is 3.70. The Morgan fingerprint density at radius 3 is 2.78 bits per heavy atom. The highest BCUT2D eigenvalue weighted by atomic mass is 19.3. The van der Waals surface area contributed by atoms with Crippen LogP contribution in [0.15, 0.2) is 18.3 Å². The molecule has 0 radical (unpaired) electrons. The minimum Gasteiger partial charge on any atom is -0.392 e. The molecular formula is C14H19F2NO. The summed E-state index contributed by atoms with van der Waals surface area (Å²) in [5, 5.41) is 9.99. The summed E-state index contributed by atoms with van der Waals surface area (Å²) in [5.74, 6) is -2.89. The molecule has 0 amide bonds. The van der Waals surface area contributed by atoms with E-state index in [1.807, 2.05) is 19.1 Å². The van der Waals surface area contributed by atoms with Crippen LogP contribution in [-0.4, -0.2) is 22.1 Å². The van der Waals surface area contributed by atoms with Crippen molar-refractivity contribution in [3.8, 4) is 0 Å². The predicted molar refractivity (Wildman–Crippen MR) is 65.6 cm³/mol. The third-order valence-corrected chi connectivity index (χ3v) is 3.70. The Morgan fingerprint density at radius 1 is 1.50 bits per heavy atom. The largest absolute Gasteiger partial charge is 0.392 e. The van der Waals surface area contributed by atoms with Gasteiger partial charge in [-0.05, 0) is 30.4 Å². The molecule has 1 N–H and O–H groups in total. The molecule has 1 aromatic rings. The summed E-state index contributed by atoms with van der Waals surface area (Å²) in [5.41, 5.74) is 1.91. The summed E-state index contributed by atoms with van der Waals surface area (Å²) >= 11 is 0. The molecule has 2 rings (SSSR count). The van der Waals surface area contributed by atoms with Crippen LogP contribution in [-0.2, 0) is 12.8 Å². The molecule has 2 atom stereocenters. The van der Waals surface area contributed by atoms with Crippen molar-refractivity contribution in [2.24, 2.45) is 5.92 Å². The second-order valence-electron chi connectivity index (χ2n) is 5.14. The Hall–Kier alpha value is -1.03. The minimum atomic E-state index is -2.59. The summed E-state index contributed by atoms with van der Waals surface area (Å²) < 4.78 is 26.1. The number of aliphatic hydroxyl groups excluding tert-OH is 1. The molecule has 18 heavy (non-hydrogen) atoms. The lowest BCUT2D eigenvalue weighted by molar-refractivity contribution is -0.00488. The van der Waals surface area contributed by atoms with Crippen LogP contribution in [0.4, 0.5) is 8.78 Å². The van der Waals surface area contributed by atoms with Gasteiger partial charge in [0.05, 0.1) is 6.10 Å². The zero-order valence-electron chi connectivity index (χ0n) is 10.6. The molecule has 0 aliphatic heterocycles. The van der Waals surface area contributed by atoms with Gasteiger partial charge in [-0.2, -0.15) is 0 Å². The van der Waals surface area contributed by atoms with E-state index in [1.54, 1.807) is 6.20 Å². The van der Waals surface area contributed by atoms with E-state index in [-0.39, 0.29) is 18.8 Å². The third kappa shape index (κ3) is 3.25. The maximum Gasteiger partial charge on any atom is 0.248 e. The molecule has 1 saturated carbocycles. The highest BCUT2D eigenvalue weighted by Crippen LogP contribution is 2.40. The topological polar surface area (TPSA) is 33.1 Å². The summed E-state index contributed by atoms with van der Waals surface area (Å²) in [7, 11) is 0. The molecule has 0 saturated heterocycles. The SMILES string of the molecule is CCc1ccc(CC(O)C2CCC(F)(F)C2)nc1. The van der Waals surface area contributed by atoms with Crippen LogP contribution >= 0.6 is 0 Å². The second kappa shape index (κ2) is 5.31. The molecular weight excluding hydrogens is 236 g/mol. The quantitative estimate of drug-likeness (QED) is 0.897. The lowest BCUT2D eigenvalue weighted by atomic mass is 9.96. The maximum absolute atomic E-state index is 13.1. The van der Waals surface area contributed by atoms with E-state index in [0.29, 0.717) is 12.8 Å². The van der Waals surface area contributed by atoms with Gasteiger partial charge in [-0.25, -0.2) is 8.78 Å². The zero-order valence-corrected chi connectivity index (χ0v) is 10.6. The van der Waals surface area contributed by atoms with Crippen LogP contribution in [0.1, 0.15) is 37.4 Å². The van der Waals surface area contributed by atoms with E-state index in [9.17, 15) is 13.9 Å². The smallest absolute Gasteiger partial charge is 0.248 e. The van der Waals surface area contributed by atoms with Crippen LogP contribution in [0.2, 0.25) is 0 Å². The molecule has 100 valence electrons. The van der Waals surface area contributed by atoms with Crippen LogP contribution in [0.3, 0.4) is 0 Å². The fraction of sp³-hybridized carbons (Fsp3) is 0.643. The number of aryl methyl sites for hydroxylation is 1. The number of nitrogens with zero attached hydrogens (tertiary/aromatic N) is 1. The Kier molecular flexibility index (Phi) is 3.95. The van der Waals surface area contributed by atoms with Gasteiger partial charge < -0.3 is 5.11 Å². The van der Waals surface area contributed by atoms with E-state index >= 15 is 0 Å². The molecule has 0 spiro atoms. The Morgan fingerprint density at radius 2 is 2.28 bits per heavy atom. The van der Waals surface area contributed by atoms with Crippen molar-refractivity contribution in [1.29, 1.82) is 0 Å².